The predicted octanol–water partition coefficient (Wildman–Crippen LogP) is 2.09. The minimum Gasteiger partial charge on any atom is -0.385 e. The Hall–Kier alpha value is -0.460. The number of aliphatic hydroxyl groups excluding tert-OH is 1. The van der Waals surface area contributed by atoms with Gasteiger partial charge in [-0.15, -0.1) is 0 Å². The van der Waals surface area contributed by atoms with Gasteiger partial charge in [0.15, 0.2) is 6.29 Å². The molecule has 106 valence electrons. The highest BCUT2D eigenvalue weighted by Gasteiger charge is 2.38. The van der Waals surface area contributed by atoms with Crippen molar-refractivity contribution in [3.63, 3.8) is 0 Å². The maximum atomic E-state index is 10.1. The number of methoxy groups -OCH3 is 1. The second-order valence-electron chi connectivity index (χ2n) is 4.58. The van der Waals surface area contributed by atoms with E-state index in [-0.39, 0.29) is 12.2 Å². The van der Waals surface area contributed by atoms with Gasteiger partial charge in [-0.25, -0.2) is 0 Å². The third-order valence-corrected chi connectivity index (χ3v) is 3.92. The number of hydrogen-bond donors (Lipinski definition) is 1. The molecule has 0 unspecified atom stereocenters. The molecule has 4 nitrogen and oxygen atoms in total. The molecule has 2 rings (SSSR count). The maximum Gasteiger partial charge on any atom is 0.185 e. The van der Waals surface area contributed by atoms with E-state index in [4.69, 9.17) is 14.2 Å². The average Bonchev–Trinajstić information content (AvgIpc) is 2.47. The number of benzene rings is 1. The summed E-state index contributed by atoms with van der Waals surface area (Å²) < 4.78 is 16.5. The average molecular weight is 331 g/mol. The van der Waals surface area contributed by atoms with E-state index in [9.17, 15) is 5.11 Å². The first-order valence-electron chi connectivity index (χ1n) is 6.32. The largest absolute Gasteiger partial charge is 0.385 e. The molecule has 19 heavy (non-hydrogen) atoms. The van der Waals surface area contributed by atoms with Crippen molar-refractivity contribution in [1.29, 1.82) is 0 Å². The molecule has 1 saturated heterocycles. The molecule has 1 aromatic rings. The van der Waals surface area contributed by atoms with Gasteiger partial charge in [-0.05, 0) is 5.56 Å². The van der Waals surface area contributed by atoms with Crippen molar-refractivity contribution in [3.8, 4) is 0 Å². The van der Waals surface area contributed by atoms with Gasteiger partial charge in [0.2, 0.25) is 0 Å². The zero-order chi connectivity index (χ0) is 13.7. The van der Waals surface area contributed by atoms with E-state index in [0.29, 0.717) is 18.4 Å². The molecule has 1 heterocycles. The Morgan fingerprint density at radius 3 is 2.74 bits per heavy atom. The number of rotatable bonds is 5. The normalized spacial score (nSPS) is 31.3. The lowest BCUT2D eigenvalue weighted by Crippen LogP contribution is -2.50. The molecule has 4 atom stereocenters. The van der Waals surface area contributed by atoms with Crippen LogP contribution in [0.1, 0.15) is 12.0 Å². The molecule has 0 radical (unpaired) electrons. The number of halogens is 1. The van der Waals surface area contributed by atoms with Gasteiger partial charge in [0.05, 0.1) is 18.8 Å². The van der Waals surface area contributed by atoms with Crippen LogP contribution in [0.2, 0.25) is 0 Å². The van der Waals surface area contributed by atoms with Crippen LogP contribution >= 0.6 is 15.9 Å². The third-order valence-electron chi connectivity index (χ3n) is 3.19. The van der Waals surface area contributed by atoms with E-state index in [1.165, 1.54) is 7.11 Å². The van der Waals surface area contributed by atoms with Crippen molar-refractivity contribution < 1.29 is 19.3 Å². The van der Waals surface area contributed by atoms with Crippen molar-refractivity contribution in [2.24, 2.45) is 0 Å². The van der Waals surface area contributed by atoms with Gasteiger partial charge in [-0.1, -0.05) is 46.3 Å². The van der Waals surface area contributed by atoms with Crippen LogP contribution in [0.4, 0.5) is 0 Å². The zero-order valence-electron chi connectivity index (χ0n) is 10.9. The Bertz CT molecular complexity index is 373. The molecule has 0 bridgehead atoms. The van der Waals surface area contributed by atoms with Crippen LogP contribution in [0, 0.1) is 0 Å². The van der Waals surface area contributed by atoms with Crippen LogP contribution in [-0.4, -0.2) is 42.1 Å². The fraction of sp³-hybridized carbons (Fsp3) is 0.571. The number of alkyl halides is 1. The molecule has 5 heteroatoms. The van der Waals surface area contributed by atoms with E-state index >= 15 is 0 Å². The topological polar surface area (TPSA) is 47.9 Å². The van der Waals surface area contributed by atoms with Crippen molar-refractivity contribution in [3.05, 3.63) is 35.9 Å². The van der Waals surface area contributed by atoms with E-state index < -0.39 is 12.4 Å². The smallest absolute Gasteiger partial charge is 0.185 e. The number of hydrogen-bond acceptors (Lipinski definition) is 4. The van der Waals surface area contributed by atoms with Crippen molar-refractivity contribution in [2.75, 3.05) is 12.4 Å². The van der Waals surface area contributed by atoms with Crippen LogP contribution in [0.3, 0.4) is 0 Å². The van der Waals surface area contributed by atoms with Gasteiger partial charge in [0.25, 0.3) is 0 Å². The van der Waals surface area contributed by atoms with Crippen LogP contribution in [0.25, 0.3) is 0 Å². The summed E-state index contributed by atoms with van der Waals surface area (Å²) in [6.45, 7) is 0.480. The van der Waals surface area contributed by atoms with Gasteiger partial charge >= 0.3 is 0 Å². The van der Waals surface area contributed by atoms with E-state index in [0.717, 1.165) is 5.56 Å². The first-order chi connectivity index (χ1) is 9.24. The molecule has 0 aliphatic carbocycles. The second kappa shape index (κ2) is 7.36. The summed E-state index contributed by atoms with van der Waals surface area (Å²) >= 11 is 3.39. The lowest BCUT2D eigenvalue weighted by Gasteiger charge is -2.37. The van der Waals surface area contributed by atoms with Crippen LogP contribution < -0.4 is 0 Å². The molecule has 0 amide bonds. The highest BCUT2D eigenvalue weighted by atomic mass is 79.9. The molecule has 0 saturated carbocycles. The lowest BCUT2D eigenvalue weighted by atomic mass is 10.0. The van der Waals surface area contributed by atoms with Gasteiger partial charge in [0, 0.05) is 18.9 Å². The lowest BCUT2D eigenvalue weighted by molar-refractivity contribution is -0.262. The highest BCUT2D eigenvalue weighted by molar-refractivity contribution is 9.09. The highest BCUT2D eigenvalue weighted by Crippen LogP contribution is 2.25. The number of ether oxygens (including phenoxy) is 3. The summed E-state index contributed by atoms with van der Waals surface area (Å²) in [5.41, 5.74) is 1.09. The molecule has 0 spiro atoms. The van der Waals surface area contributed by atoms with E-state index in [2.05, 4.69) is 15.9 Å². The Morgan fingerprint density at radius 2 is 2.11 bits per heavy atom. The number of aliphatic hydroxyl groups is 1. The Kier molecular flexibility index (Phi) is 5.78. The maximum absolute atomic E-state index is 10.1. The molecule has 1 fully saturated rings. The molecule has 1 aliphatic rings. The molecule has 1 aromatic carbocycles. The fourth-order valence-electron chi connectivity index (χ4n) is 2.14. The van der Waals surface area contributed by atoms with Crippen LogP contribution in [0.15, 0.2) is 30.3 Å². The standard InChI is InChI=1S/C14H19BrO4/c1-17-14-13(16)12(7-11(8-15)19-14)18-9-10-5-3-2-4-6-10/h2-6,11-14,16H,7-9H2,1H3/t11-,12+,13-,14-/m0/s1. The van der Waals surface area contributed by atoms with Gasteiger partial charge in [-0.2, -0.15) is 0 Å². The summed E-state index contributed by atoms with van der Waals surface area (Å²) in [6, 6.07) is 9.91. The van der Waals surface area contributed by atoms with Gasteiger partial charge in [-0.3, -0.25) is 0 Å². The Balaban J connectivity index is 1.93. The molecule has 1 N–H and O–H groups in total. The third kappa shape index (κ3) is 4.00. The van der Waals surface area contributed by atoms with Gasteiger partial charge in [0.1, 0.15) is 6.10 Å². The second-order valence-corrected chi connectivity index (χ2v) is 5.23. The molecule has 0 aromatic heterocycles. The fourth-order valence-corrected chi connectivity index (χ4v) is 2.55. The van der Waals surface area contributed by atoms with E-state index in [1.54, 1.807) is 0 Å². The monoisotopic (exact) mass is 330 g/mol. The SMILES string of the molecule is CO[C@H]1O[C@H](CBr)C[C@@H](OCc2ccccc2)[C@@H]1O. The van der Waals surface area contributed by atoms with Crippen molar-refractivity contribution in [1.82, 2.24) is 0 Å². The summed E-state index contributed by atoms with van der Waals surface area (Å²) in [5, 5.41) is 10.8. The predicted molar refractivity (Wildman–Crippen MR) is 75.1 cm³/mol. The summed E-state index contributed by atoms with van der Waals surface area (Å²) in [6.07, 6.45) is -1.02. The molecular weight excluding hydrogens is 312 g/mol. The Morgan fingerprint density at radius 1 is 1.37 bits per heavy atom. The van der Waals surface area contributed by atoms with Crippen LogP contribution in [0.5, 0.6) is 0 Å². The van der Waals surface area contributed by atoms with Gasteiger partial charge < -0.3 is 19.3 Å². The quantitative estimate of drug-likeness (QED) is 0.840. The Labute approximate surface area is 121 Å². The molecular formula is C14H19BrO4. The molecule has 1 aliphatic heterocycles. The minimum atomic E-state index is -0.760. The first kappa shape index (κ1) is 14.9. The van der Waals surface area contributed by atoms with E-state index in [1.807, 2.05) is 30.3 Å². The van der Waals surface area contributed by atoms with Crippen molar-refractivity contribution >= 4 is 15.9 Å². The summed E-state index contributed by atoms with van der Waals surface area (Å²) in [7, 11) is 1.53. The first-order valence-corrected chi connectivity index (χ1v) is 7.44. The summed E-state index contributed by atoms with van der Waals surface area (Å²) in [4.78, 5) is 0. The summed E-state index contributed by atoms with van der Waals surface area (Å²) in [5.74, 6) is 0. The van der Waals surface area contributed by atoms with Crippen molar-refractivity contribution in [2.45, 2.75) is 37.6 Å². The minimum absolute atomic E-state index is 0.00544. The zero-order valence-corrected chi connectivity index (χ0v) is 12.5. The van der Waals surface area contributed by atoms with Crippen LogP contribution in [-0.2, 0) is 20.8 Å².